The van der Waals surface area contributed by atoms with E-state index in [2.05, 4.69) is 0 Å². The number of ether oxygens (including phenoxy) is 3. The third kappa shape index (κ3) is 4.45. The Bertz CT molecular complexity index is 927. The molecule has 1 aliphatic carbocycles. The molecule has 0 radical (unpaired) electrons. The van der Waals surface area contributed by atoms with Crippen LogP contribution in [-0.4, -0.2) is 54.9 Å². The van der Waals surface area contributed by atoms with Gasteiger partial charge >= 0.3 is 0 Å². The van der Waals surface area contributed by atoms with Crippen LogP contribution >= 0.6 is 0 Å². The first-order valence-electron chi connectivity index (χ1n) is 9.96. The second-order valence-corrected chi connectivity index (χ2v) is 7.59. The van der Waals surface area contributed by atoms with E-state index in [1.165, 1.54) is 0 Å². The number of carbonyl (C=O) groups is 1. The number of aromatic nitrogens is 1. The Labute approximate surface area is 169 Å². The SMILES string of the molecule is COCCOc1ccc(C(=O)N2CC(Oc3cc(C)n(C4CC4)c(=O)c3)C2)cc1. The van der Waals surface area contributed by atoms with Gasteiger partial charge in [0.05, 0.1) is 19.7 Å². The minimum Gasteiger partial charge on any atom is -0.491 e. The summed E-state index contributed by atoms with van der Waals surface area (Å²) in [4.78, 5) is 26.6. The number of carbonyl (C=O) groups excluding carboxylic acids is 1. The van der Waals surface area contributed by atoms with Gasteiger partial charge in [0.1, 0.15) is 24.2 Å². The van der Waals surface area contributed by atoms with E-state index in [0.717, 1.165) is 18.5 Å². The van der Waals surface area contributed by atoms with Crippen molar-refractivity contribution in [1.82, 2.24) is 9.47 Å². The smallest absolute Gasteiger partial charge is 0.254 e. The highest BCUT2D eigenvalue weighted by Crippen LogP contribution is 2.35. The standard InChI is InChI=1S/C22H26N2O5/c1-15-11-19(12-21(25)24(15)17-5-6-17)29-20-13-23(14-20)22(26)16-3-7-18(8-4-16)28-10-9-27-2/h3-4,7-8,11-12,17,20H,5-6,9-10,13-14H2,1-2H3. The van der Waals surface area contributed by atoms with E-state index < -0.39 is 0 Å². The summed E-state index contributed by atoms with van der Waals surface area (Å²) in [6, 6.07) is 10.9. The molecule has 7 nitrogen and oxygen atoms in total. The number of likely N-dealkylation sites (tertiary alicyclic amines) is 1. The van der Waals surface area contributed by atoms with E-state index in [0.29, 0.717) is 49.4 Å². The van der Waals surface area contributed by atoms with Gasteiger partial charge in [0.2, 0.25) is 0 Å². The van der Waals surface area contributed by atoms with Gasteiger partial charge in [-0.2, -0.15) is 0 Å². The maximum absolute atomic E-state index is 12.6. The van der Waals surface area contributed by atoms with Crippen LogP contribution in [0.2, 0.25) is 0 Å². The van der Waals surface area contributed by atoms with E-state index >= 15 is 0 Å². The molecule has 154 valence electrons. The predicted octanol–water partition coefficient (Wildman–Crippen LogP) is 2.42. The average molecular weight is 398 g/mol. The van der Waals surface area contributed by atoms with Crippen LogP contribution in [0.15, 0.2) is 41.2 Å². The Morgan fingerprint density at radius 1 is 1.07 bits per heavy atom. The molecule has 0 unspecified atom stereocenters. The lowest BCUT2D eigenvalue weighted by molar-refractivity contribution is 0.0176. The summed E-state index contributed by atoms with van der Waals surface area (Å²) < 4.78 is 18.2. The lowest BCUT2D eigenvalue weighted by Crippen LogP contribution is -2.56. The fourth-order valence-electron chi connectivity index (χ4n) is 3.54. The minimum atomic E-state index is -0.0915. The summed E-state index contributed by atoms with van der Waals surface area (Å²) >= 11 is 0. The van der Waals surface area contributed by atoms with E-state index in [9.17, 15) is 9.59 Å². The van der Waals surface area contributed by atoms with Gasteiger partial charge in [0.15, 0.2) is 0 Å². The van der Waals surface area contributed by atoms with E-state index in [4.69, 9.17) is 14.2 Å². The van der Waals surface area contributed by atoms with Crippen molar-refractivity contribution in [2.45, 2.75) is 31.9 Å². The number of benzene rings is 1. The quantitative estimate of drug-likeness (QED) is 0.639. The van der Waals surface area contributed by atoms with E-state index in [1.54, 1.807) is 42.3 Å². The number of methoxy groups -OCH3 is 1. The highest BCUT2D eigenvalue weighted by atomic mass is 16.5. The lowest BCUT2D eigenvalue weighted by Gasteiger charge is -2.39. The molecule has 1 saturated heterocycles. The first-order chi connectivity index (χ1) is 14.0. The third-order valence-corrected chi connectivity index (χ3v) is 5.24. The van der Waals surface area contributed by atoms with Crippen molar-refractivity contribution in [3.8, 4) is 11.5 Å². The van der Waals surface area contributed by atoms with Gasteiger partial charge < -0.3 is 23.7 Å². The fraction of sp³-hybridized carbons (Fsp3) is 0.455. The molecule has 1 aliphatic heterocycles. The van der Waals surface area contributed by atoms with Crippen molar-refractivity contribution < 1.29 is 19.0 Å². The average Bonchev–Trinajstić information content (AvgIpc) is 3.49. The van der Waals surface area contributed by atoms with Crippen LogP contribution in [0.4, 0.5) is 0 Å². The Kier molecular flexibility index (Phi) is 5.58. The molecule has 0 atom stereocenters. The monoisotopic (exact) mass is 398 g/mol. The Morgan fingerprint density at radius 2 is 1.79 bits per heavy atom. The summed E-state index contributed by atoms with van der Waals surface area (Å²) in [6.07, 6.45) is 2.05. The first-order valence-corrected chi connectivity index (χ1v) is 9.96. The molecule has 1 aromatic carbocycles. The molecule has 1 aromatic heterocycles. The van der Waals surface area contributed by atoms with Crippen LogP contribution in [0.1, 0.15) is 34.9 Å². The number of pyridine rings is 1. The number of amides is 1. The molecule has 0 N–H and O–H groups in total. The normalized spacial score (nSPS) is 16.4. The van der Waals surface area contributed by atoms with Crippen LogP contribution in [0.3, 0.4) is 0 Å². The largest absolute Gasteiger partial charge is 0.491 e. The number of hydrogen-bond donors (Lipinski definition) is 0. The molecular weight excluding hydrogens is 372 g/mol. The van der Waals surface area contributed by atoms with Crippen molar-refractivity contribution in [3.05, 3.63) is 58.0 Å². The zero-order valence-corrected chi connectivity index (χ0v) is 16.8. The molecule has 1 saturated carbocycles. The molecule has 2 aromatic rings. The molecule has 0 bridgehead atoms. The van der Waals surface area contributed by atoms with Gasteiger partial charge in [-0.3, -0.25) is 9.59 Å². The Balaban J connectivity index is 1.29. The molecular formula is C22H26N2O5. The second kappa shape index (κ2) is 8.29. The summed E-state index contributed by atoms with van der Waals surface area (Å²) in [5, 5.41) is 0. The van der Waals surface area contributed by atoms with Crippen molar-refractivity contribution in [2.24, 2.45) is 0 Å². The van der Waals surface area contributed by atoms with Crippen molar-refractivity contribution in [1.29, 1.82) is 0 Å². The van der Waals surface area contributed by atoms with Gasteiger partial charge in [0.25, 0.3) is 11.5 Å². The summed E-state index contributed by atoms with van der Waals surface area (Å²) in [5.74, 6) is 1.26. The molecule has 4 rings (SSSR count). The maximum atomic E-state index is 12.6. The topological polar surface area (TPSA) is 70.0 Å². The van der Waals surface area contributed by atoms with Crippen LogP contribution in [0.25, 0.3) is 0 Å². The number of nitrogens with zero attached hydrogens (tertiary/aromatic N) is 2. The van der Waals surface area contributed by atoms with Crippen molar-refractivity contribution in [3.63, 3.8) is 0 Å². The van der Waals surface area contributed by atoms with Gasteiger partial charge in [0, 0.05) is 30.5 Å². The van der Waals surface area contributed by atoms with Gasteiger partial charge in [-0.25, -0.2) is 0 Å². The Morgan fingerprint density at radius 3 is 2.41 bits per heavy atom. The summed E-state index contributed by atoms with van der Waals surface area (Å²) in [7, 11) is 1.62. The fourth-order valence-corrected chi connectivity index (χ4v) is 3.54. The van der Waals surface area contributed by atoms with E-state index in [-0.39, 0.29) is 17.6 Å². The number of aryl methyl sites for hydroxylation is 1. The first kappa shape index (κ1) is 19.5. The lowest BCUT2D eigenvalue weighted by atomic mass is 10.1. The van der Waals surface area contributed by atoms with Crippen molar-refractivity contribution >= 4 is 5.91 Å². The zero-order chi connectivity index (χ0) is 20.4. The molecule has 2 fully saturated rings. The van der Waals surface area contributed by atoms with Crippen LogP contribution < -0.4 is 15.0 Å². The van der Waals surface area contributed by atoms with Crippen LogP contribution in [-0.2, 0) is 4.74 Å². The van der Waals surface area contributed by atoms with Gasteiger partial charge in [-0.15, -0.1) is 0 Å². The molecule has 1 amide bonds. The summed E-state index contributed by atoms with van der Waals surface area (Å²) in [6.45, 7) is 3.95. The Hall–Kier alpha value is -2.80. The minimum absolute atomic E-state index is 0.0115. The molecule has 7 heteroatoms. The third-order valence-electron chi connectivity index (χ3n) is 5.24. The highest BCUT2D eigenvalue weighted by molar-refractivity contribution is 5.94. The van der Waals surface area contributed by atoms with Gasteiger partial charge in [-0.05, 0) is 50.1 Å². The van der Waals surface area contributed by atoms with E-state index in [1.807, 2.05) is 17.6 Å². The molecule has 2 aliphatic rings. The second-order valence-electron chi connectivity index (χ2n) is 7.59. The molecule has 0 spiro atoms. The number of rotatable bonds is 8. The van der Waals surface area contributed by atoms with Crippen LogP contribution in [0, 0.1) is 6.92 Å². The van der Waals surface area contributed by atoms with Crippen molar-refractivity contribution in [2.75, 3.05) is 33.4 Å². The molecule has 29 heavy (non-hydrogen) atoms. The van der Waals surface area contributed by atoms with Gasteiger partial charge in [-0.1, -0.05) is 0 Å². The highest BCUT2D eigenvalue weighted by Gasteiger charge is 2.33. The summed E-state index contributed by atoms with van der Waals surface area (Å²) in [5.41, 5.74) is 1.53. The number of hydrogen-bond acceptors (Lipinski definition) is 5. The maximum Gasteiger partial charge on any atom is 0.254 e. The zero-order valence-electron chi connectivity index (χ0n) is 16.8. The van der Waals surface area contributed by atoms with Crippen LogP contribution in [0.5, 0.6) is 11.5 Å². The molecule has 2 heterocycles. The predicted molar refractivity (Wildman–Crippen MR) is 108 cm³/mol.